The van der Waals surface area contributed by atoms with Crippen LogP contribution in [0.25, 0.3) is 0 Å². The van der Waals surface area contributed by atoms with Crippen molar-refractivity contribution in [2.75, 3.05) is 33.2 Å². The largest absolute Gasteiger partial charge is 0.355 e. The molecule has 1 aliphatic heterocycles. The quantitative estimate of drug-likeness (QED) is 0.243. The monoisotopic (exact) mass is 543 g/mol. The molecule has 1 fully saturated rings. The highest BCUT2D eigenvalue weighted by Gasteiger charge is 2.21. The van der Waals surface area contributed by atoms with Crippen molar-refractivity contribution in [3.63, 3.8) is 0 Å². The van der Waals surface area contributed by atoms with Crippen molar-refractivity contribution >= 4 is 40.0 Å². The Hall–Kier alpha value is -1.72. The Morgan fingerprint density at radius 2 is 1.87 bits per heavy atom. The van der Waals surface area contributed by atoms with Gasteiger partial charge in [-0.1, -0.05) is 30.3 Å². The molecule has 2 heterocycles. The van der Waals surface area contributed by atoms with E-state index >= 15 is 0 Å². The Bertz CT molecular complexity index is 886. The number of likely N-dealkylation sites (tertiary alicyclic amines) is 1. The molecule has 1 aromatic heterocycles. The van der Waals surface area contributed by atoms with Gasteiger partial charge in [-0.3, -0.25) is 9.98 Å². The normalized spacial score (nSPS) is 15.5. The Kier molecular flexibility index (Phi) is 9.99. The van der Waals surface area contributed by atoms with E-state index in [0.29, 0.717) is 12.5 Å². The maximum Gasteiger partial charge on any atom is 0.242 e. The zero-order valence-corrected chi connectivity index (χ0v) is 20.3. The predicted molar refractivity (Wildman–Crippen MR) is 131 cm³/mol. The minimum atomic E-state index is -3.53. The first kappa shape index (κ1) is 24.5. The van der Waals surface area contributed by atoms with Crippen LogP contribution < -0.4 is 10.0 Å². The highest BCUT2D eigenvalue weighted by atomic mass is 127. The third kappa shape index (κ3) is 7.21. The summed E-state index contributed by atoms with van der Waals surface area (Å²) in [5.74, 6) is 1.52. The van der Waals surface area contributed by atoms with E-state index in [1.54, 1.807) is 19.3 Å². The number of aromatic nitrogens is 1. The average molecular weight is 543 g/mol. The van der Waals surface area contributed by atoms with Crippen LogP contribution in [0.5, 0.6) is 0 Å². The first-order valence-corrected chi connectivity index (χ1v) is 11.5. The van der Waals surface area contributed by atoms with E-state index < -0.39 is 10.0 Å². The molecule has 2 aromatic rings. The van der Waals surface area contributed by atoms with Crippen LogP contribution in [0.15, 0.2) is 64.7 Å². The van der Waals surface area contributed by atoms with Crippen LogP contribution in [0.1, 0.15) is 18.4 Å². The fourth-order valence-electron chi connectivity index (χ4n) is 3.58. The number of hydrogen-bond acceptors (Lipinski definition) is 4. The van der Waals surface area contributed by atoms with Gasteiger partial charge < -0.3 is 10.2 Å². The SMILES string of the molecule is CN=C(NCCNS(=O)(=O)c1cccnc1)N1CCC(Cc2ccccc2)CC1.I. The van der Waals surface area contributed by atoms with Gasteiger partial charge in [0.05, 0.1) is 0 Å². The Morgan fingerprint density at radius 1 is 1.13 bits per heavy atom. The van der Waals surface area contributed by atoms with Crippen molar-refractivity contribution in [2.24, 2.45) is 10.9 Å². The molecule has 0 radical (unpaired) electrons. The number of nitrogens with zero attached hydrogens (tertiary/aromatic N) is 3. The van der Waals surface area contributed by atoms with Crippen LogP contribution in [0.4, 0.5) is 0 Å². The van der Waals surface area contributed by atoms with Crippen LogP contribution in [0.3, 0.4) is 0 Å². The van der Waals surface area contributed by atoms with Gasteiger partial charge in [-0.2, -0.15) is 0 Å². The molecule has 0 atom stereocenters. The number of guanidine groups is 1. The second-order valence-corrected chi connectivity index (χ2v) is 8.95. The number of nitrogens with one attached hydrogen (secondary N) is 2. The number of piperidine rings is 1. The lowest BCUT2D eigenvalue weighted by Gasteiger charge is -2.34. The Labute approximate surface area is 196 Å². The van der Waals surface area contributed by atoms with Gasteiger partial charge in [-0.05, 0) is 42.9 Å². The number of pyridine rings is 1. The number of sulfonamides is 1. The van der Waals surface area contributed by atoms with Gasteiger partial charge in [0, 0.05) is 45.6 Å². The summed E-state index contributed by atoms with van der Waals surface area (Å²) < 4.78 is 27.0. The molecule has 3 rings (SSSR count). The molecule has 30 heavy (non-hydrogen) atoms. The highest BCUT2D eigenvalue weighted by Crippen LogP contribution is 2.21. The van der Waals surface area contributed by atoms with Crippen molar-refractivity contribution in [1.82, 2.24) is 19.9 Å². The molecule has 1 aliphatic rings. The molecular weight excluding hydrogens is 513 g/mol. The minimum Gasteiger partial charge on any atom is -0.355 e. The van der Waals surface area contributed by atoms with Crippen molar-refractivity contribution < 1.29 is 8.42 Å². The highest BCUT2D eigenvalue weighted by molar-refractivity contribution is 14.0. The number of hydrogen-bond donors (Lipinski definition) is 2. The van der Waals surface area contributed by atoms with Crippen LogP contribution in [0, 0.1) is 5.92 Å². The Balaban J connectivity index is 0.00000320. The average Bonchev–Trinajstić information content (AvgIpc) is 2.76. The number of benzene rings is 1. The topological polar surface area (TPSA) is 86.7 Å². The van der Waals surface area contributed by atoms with Crippen LogP contribution in [0.2, 0.25) is 0 Å². The molecule has 0 aliphatic carbocycles. The lowest BCUT2D eigenvalue weighted by Crippen LogP contribution is -2.47. The summed E-state index contributed by atoms with van der Waals surface area (Å²) in [7, 11) is -1.77. The molecular formula is C21H30IN5O2S. The zero-order valence-electron chi connectivity index (χ0n) is 17.2. The molecule has 2 N–H and O–H groups in total. The smallest absolute Gasteiger partial charge is 0.242 e. The fraction of sp³-hybridized carbons (Fsp3) is 0.429. The van der Waals surface area contributed by atoms with Gasteiger partial charge >= 0.3 is 0 Å². The summed E-state index contributed by atoms with van der Waals surface area (Å²) in [5, 5.41) is 3.26. The standard InChI is InChI=1S/C21H29N5O2S.HI/c1-22-21(24-12-13-25-29(27,28)20-8-5-11-23-17-20)26-14-9-19(10-15-26)16-18-6-3-2-4-7-18;/h2-8,11,17,19,25H,9-10,12-16H2,1H3,(H,22,24);1H. The van der Waals surface area contributed by atoms with Gasteiger partial charge in [-0.15, -0.1) is 24.0 Å². The van der Waals surface area contributed by atoms with Crippen molar-refractivity contribution in [2.45, 2.75) is 24.2 Å². The van der Waals surface area contributed by atoms with Gasteiger partial charge in [0.1, 0.15) is 4.90 Å². The lowest BCUT2D eigenvalue weighted by molar-refractivity contribution is 0.259. The fourth-order valence-corrected chi connectivity index (χ4v) is 4.57. The van der Waals surface area contributed by atoms with Crippen LogP contribution in [-0.2, 0) is 16.4 Å². The van der Waals surface area contributed by atoms with Gasteiger partial charge in [-0.25, -0.2) is 13.1 Å². The van der Waals surface area contributed by atoms with Crippen molar-refractivity contribution in [3.05, 3.63) is 60.4 Å². The first-order chi connectivity index (χ1) is 14.1. The van der Waals surface area contributed by atoms with E-state index in [1.807, 2.05) is 0 Å². The Morgan fingerprint density at radius 3 is 2.50 bits per heavy atom. The number of halogens is 1. The van der Waals surface area contributed by atoms with E-state index in [2.05, 4.69) is 55.2 Å². The molecule has 0 saturated carbocycles. The summed E-state index contributed by atoms with van der Waals surface area (Å²) in [6, 6.07) is 13.8. The number of rotatable bonds is 7. The van der Waals surface area contributed by atoms with Crippen molar-refractivity contribution in [1.29, 1.82) is 0 Å². The second kappa shape index (κ2) is 12.2. The van der Waals surface area contributed by atoms with Gasteiger partial charge in [0.15, 0.2) is 5.96 Å². The van der Waals surface area contributed by atoms with Crippen LogP contribution >= 0.6 is 24.0 Å². The van der Waals surface area contributed by atoms with E-state index in [0.717, 1.165) is 38.3 Å². The number of aliphatic imine (C=N–C) groups is 1. The summed E-state index contributed by atoms with van der Waals surface area (Å²) in [4.78, 5) is 10.6. The summed E-state index contributed by atoms with van der Waals surface area (Å²) in [6.45, 7) is 2.66. The van der Waals surface area contributed by atoms with E-state index in [4.69, 9.17) is 0 Å². The van der Waals surface area contributed by atoms with Gasteiger partial charge in [0.25, 0.3) is 0 Å². The molecule has 7 nitrogen and oxygen atoms in total. The molecule has 164 valence electrons. The van der Waals surface area contributed by atoms with E-state index in [1.165, 1.54) is 17.8 Å². The third-order valence-corrected chi connectivity index (χ3v) is 6.58. The van der Waals surface area contributed by atoms with Crippen molar-refractivity contribution in [3.8, 4) is 0 Å². The maximum atomic E-state index is 12.2. The predicted octanol–water partition coefficient (Wildman–Crippen LogP) is 2.51. The first-order valence-electron chi connectivity index (χ1n) is 9.97. The minimum absolute atomic E-state index is 0. The van der Waals surface area contributed by atoms with E-state index in [-0.39, 0.29) is 35.4 Å². The maximum absolute atomic E-state index is 12.2. The summed E-state index contributed by atoms with van der Waals surface area (Å²) in [5.41, 5.74) is 1.40. The summed E-state index contributed by atoms with van der Waals surface area (Å²) >= 11 is 0. The molecule has 1 saturated heterocycles. The van der Waals surface area contributed by atoms with Crippen LogP contribution in [-0.4, -0.2) is 57.5 Å². The van der Waals surface area contributed by atoms with E-state index in [9.17, 15) is 8.42 Å². The molecule has 0 amide bonds. The van der Waals surface area contributed by atoms with Gasteiger partial charge in [0.2, 0.25) is 10.0 Å². The third-order valence-electron chi connectivity index (χ3n) is 5.14. The molecule has 0 bridgehead atoms. The lowest BCUT2D eigenvalue weighted by atomic mass is 9.90. The zero-order chi connectivity index (χ0) is 20.5. The molecule has 0 spiro atoms. The molecule has 0 unspecified atom stereocenters. The summed E-state index contributed by atoms with van der Waals surface area (Å²) in [6.07, 6.45) is 6.27. The molecule has 9 heteroatoms. The molecule has 1 aromatic carbocycles. The second-order valence-electron chi connectivity index (χ2n) is 7.18.